The van der Waals surface area contributed by atoms with Crippen molar-refractivity contribution < 1.29 is 23.2 Å². The van der Waals surface area contributed by atoms with Gasteiger partial charge >= 0.3 is 0 Å². The second kappa shape index (κ2) is 7.64. The zero-order chi connectivity index (χ0) is 20.4. The van der Waals surface area contributed by atoms with Gasteiger partial charge in [0.25, 0.3) is 0 Å². The Morgan fingerprint density at radius 3 is 2.43 bits per heavy atom. The summed E-state index contributed by atoms with van der Waals surface area (Å²) in [5.41, 5.74) is 7.67. The van der Waals surface area contributed by atoms with E-state index in [1.165, 1.54) is 31.2 Å². The predicted molar refractivity (Wildman–Crippen MR) is 101 cm³/mol. The predicted octanol–water partition coefficient (Wildman–Crippen LogP) is 2.97. The average Bonchev–Trinajstić information content (AvgIpc) is 2.98. The van der Waals surface area contributed by atoms with Crippen LogP contribution in [0.3, 0.4) is 0 Å². The molecule has 144 valence electrons. The molecule has 0 aliphatic carbocycles. The highest BCUT2D eigenvalue weighted by Gasteiger charge is 2.24. The van der Waals surface area contributed by atoms with Crippen LogP contribution >= 0.6 is 0 Å². The molecule has 0 saturated carbocycles. The summed E-state index contributed by atoms with van der Waals surface area (Å²) in [6, 6.07) is 9.42. The summed E-state index contributed by atoms with van der Waals surface area (Å²) in [7, 11) is 0. The van der Waals surface area contributed by atoms with Gasteiger partial charge in [-0.25, -0.2) is 4.39 Å². The Bertz CT molecular complexity index is 1070. The van der Waals surface area contributed by atoms with Crippen molar-refractivity contribution in [2.45, 2.75) is 26.3 Å². The zero-order valence-electron chi connectivity index (χ0n) is 15.4. The maximum Gasteiger partial charge on any atom is 0.244 e. The summed E-state index contributed by atoms with van der Waals surface area (Å²) in [6.07, 6.45) is -0.171. The standard InChI is InChI=1S/C21H19FN2O4/c1-11-3-8-15-16(20(12(2)25)28-17(15)9-11)10-18(26)24-19(21(23)27)13-4-6-14(22)7-5-13/h3-9,19H,10H2,1-2H3,(H2,23,27)(H,24,26). The number of furan rings is 1. The number of benzene rings is 2. The molecule has 28 heavy (non-hydrogen) atoms. The van der Waals surface area contributed by atoms with E-state index in [9.17, 15) is 18.8 Å². The molecule has 0 fully saturated rings. The van der Waals surface area contributed by atoms with E-state index in [0.717, 1.165) is 5.56 Å². The Morgan fingerprint density at radius 1 is 1.14 bits per heavy atom. The molecule has 2 aromatic carbocycles. The molecule has 1 unspecified atom stereocenters. The summed E-state index contributed by atoms with van der Waals surface area (Å²) < 4.78 is 18.7. The maximum absolute atomic E-state index is 13.1. The summed E-state index contributed by atoms with van der Waals surface area (Å²) >= 11 is 0. The van der Waals surface area contributed by atoms with Crippen LogP contribution in [0.15, 0.2) is 46.9 Å². The minimum Gasteiger partial charge on any atom is -0.453 e. The third-order valence-corrected chi connectivity index (χ3v) is 4.40. The quantitative estimate of drug-likeness (QED) is 0.640. The minimum atomic E-state index is -1.12. The molecule has 3 aromatic rings. The van der Waals surface area contributed by atoms with E-state index in [4.69, 9.17) is 10.2 Å². The topological polar surface area (TPSA) is 102 Å². The number of amides is 2. The van der Waals surface area contributed by atoms with Gasteiger partial charge in [0.05, 0.1) is 6.42 Å². The van der Waals surface area contributed by atoms with Crippen LogP contribution < -0.4 is 11.1 Å². The molecule has 0 bridgehead atoms. The van der Waals surface area contributed by atoms with Crippen molar-refractivity contribution in [3.8, 4) is 0 Å². The monoisotopic (exact) mass is 382 g/mol. The van der Waals surface area contributed by atoms with Gasteiger partial charge in [-0.3, -0.25) is 14.4 Å². The summed E-state index contributed by atoms with van der Waals surface area (Å²) in [6.45, 7) is 3.25. The number of fused-ring (bicyclic) bond motifs is 1. The third-order valence-electron chi connectivity index (χ3n) is 4.40. The van der Waals surface area contributed by atoms with E-state index in [0.29, 0.717) is 22.1 Å². The number of ketones is 1. The van der Waals surface area contributed by atoms with Gasteiger partial charge in [-0.2, -0.15) is 0 Å². The van der Waals surface area contributed by atoms with Gasteiger partial charge in [0.2, 0.25) is 11.8 Å². The lowest BCUT2D eigenvalue weighted by Crippen LogP contribution is -2.38. The van der Waals surface area contributed by atoms with Crippen LogP contribution in [0.5, 0.6) is 0 Å². The van der Waals surface area contributed by atoms with E-state index < -0.39 is 23.7 Å². The lowest BCUT2D eigenvalue weighted by atomic mass is 10.0. The maximum atomic E-state index is 13.1. The number of rotatable bonds is 6. The summed E-state index contributed by atoms with van der Waals surface area (Å²) in [5, 5.41) is 3.20. The van der Waals surface area contributed by atoms with Crippen molar-refractivity contribution in [3.05, 3.63) is 70.7 Å². The Labute approximate surface area is 160 Å². The van der Waals surface area contributed by atoms with Crippen molar-refractivity contribution >= 4 is 28.6 Å². The second-order valence-electron chi connectivity index (χ2n) is 6.60. The summed E-state index contributed by atoms with van der Waals surface area (Å²) in [4.78, 5) is 36.3. The fourth-order valence-electron chi connectivity index (χ4n) is 3.06. The SMILES string of the molecule is CC(=O)c1oc2cc(C)ccc2c1CC(=O)NC(C(N)=O)c1ccc(F)cc1. The van der Waals surface area contributed by atoms with Crippen molar-refractivity contribution in [1.82, 2.24) is 5.32 Å². The number of Topliss-reactive ketones (excluding diaryl/α,β-unsaturated/α-hetero) is 1. The Hall–Kier alpha value is -3.48. The van der Waals surface area contributed by atoms with Crippen molar-refractivity contribution in [2.75, 3.05) is 0 Å². The molecule has 6 nitrogen and oxygen atoms in total. The molecule has 0 saturated heterocycles. The highest BCUT2D eigenvalue weighted by Crippen LogP contribution is 2.28. The second-order valence-corrected chi connectivity index (χ2v) is 6.60. The highest BCUT2D eigenvalue weighted by atomic mass is 19.1. The number of aryl methyl sites for hydroxylation is 1. The molecule has 2 amide bonds. The molecule has 1 heterocycles. The molecule has 7 heteroatoms. The van der Waals surface area contributed by atoms with Gasteiger partial charge in [0, 0.05) is 17.9 Å². The fraction of sp³-hybridized carbons (Fsp3) is 0.190. The van der Waals surface area contributed by atoms with E-state index in [2.05, 4.69) is 5.32 Å². The molecular weight excluding hydrogens is 363 g/mol. The number of carbonyl (C=O) groups excluding carboxylic acids is 3. The van der Waals surface area contributed by atoms with Crippen LogP contribution in [-0.4, -0.2) is 17.6 Å². The molecule has 0 radical (unpaired) electrons. The van der Waals surface area contributed by atoms with Crippen LogP contribution in [0.2, 0.25) is 0 Å². The Kier molecular flexibility index (Phi) is 5.26. The number of halogens is 1. The van der Waals surface area contributed by atoms with Crippen molar-refractivity contribution in [3.63, 3.8) is 0 Å². The first-order chi connectivity index (χ1) is 13.3. The minimum absolute atomic E-state index is 0.105. The van der Waals surface area contributed by atoms with Crippen LogP contribution in [0.25, 0.3) is 11.0 Å². The molecule has 3 N–H and O–H groups in total. The van der Waals surface area contributed by atoms with Gasteiger partial charge in [0.15, 0.2) is 11.5 Å². The first-order valence-corrected chi connectivity index (χ1v) is 8.63. The van der Waals surface area contributed by atoms with Crippen molar-refractivity contribution in [1.29, 1.82) is 0 Å². The average molecular weight is 382 g/mol. The van der Waals surface area contributed by atoms with E-state index in [1.807, 2.05) is 13.0 Å². The van der Waals surface area contributed by atoms with Gasteiger partial charge in [0.1, 0.15) is 17.4 Å². The van der Waals surface area contributed by atoms with Crippen LogP contribution in [0.4, 0.5) is 4.39 Å². The normalized spacial score (nSPS) is 12.0. The number of hydrogen-bond acceptors (Lipinski definition) is 4. The third kappa shape index (κ3) is 3.93. The van der Waals surface area contributed by atoms with E-state index in [-0.39, 0.29) is 18.0 Å². The number of primary amides is 1. The zero-order valence-corrected chi connectivity index (χ0v) is 15.4. The molecule has 0 spiro atoms. The van der Waals surface area contributed by atoms with Gasteiger partial charge in [-0.05, 0) is 36.2 Å². The molecular formula is C21H19FN2O4. The largest absolute Gasteiger partial charge is 0.453 e. The smallest absolute Gasteiger partial charge is 0.244 e. The number of carbonyl (C=O) groups is 3. The first-order valence-electron chi connectivity index (χ1n) is 8.63. The van der Waals surface area contributed by atoms with E-state index in [1.54, 1.807) is 12.1 Å². The first kappa shape index (κ1) is 19.3. The fourth-order valence-corrected chi connectivity index (χ4v) is 3.06. The van der Waals surface area contributed by atoms with Crippen LogP contribution in [0, 0.1) is 12.7 Å². The number of hydrogen-bond donors (Lipinski definition) is 2. The van der Waals surface area contributed by atoms with Crippen LogP contribution in [-0.2, 0) is 16.0 Å². The van der Waals surface area contributed by atoms with Gasteiger partial charge in [-0.1, -0.05) is 24.3 Å². The highest BCUT2D eigenvalue weighted by molar-refractivity contribution is 6.01. The molecule has 1 atom stereocenters. The van der Waals surface area contributed by atoms with Gasteiger partial charge in [-0.15, -0.1) is 0 Å². The lowest BCUT2D eigenvalue weighted by molar-refractivity contribution is -0.127. The molecule has 0 aliphatic rings. The number of nitrogens with two attached hydrogens (primary N) is 1. The Morgan fingerprint density at radius 2 is 1.82 bits per heavy atom. The van der Waals surface area contributed by atoms with Crippen molar-refractivity contribution in [2.24, 2.45) is 5.73 Å². The molecule has 3 rings (SSSR count). The van der Waals surface area contributed by atoms with E-state index >= 15 is 0 Å². The summed E-state index contributed by atoms with van der Waals surface area (Å²) in [5.74, 6) is -1.96. The molecule has 0 aliphatic heterocycles. The molecule has 1 aromatic heterocycles. The Balaban J connectivity index is 1.89. The number of nitrogens with one attached hydrogen (secondary N) is 1. The lowest BCUT2D eigenvalue weighted by Gasteiger charge is -2.16. The van der Waals surface area contributed by atoms with Gasteiger partial charge < -0.3 is 15.5 Å². The van der Waals surface area contributed by atoms with Crippen LogP contribution in [0.1, 0.15) is 40.2 Å².